The van der Waals surface area contributed by atoms with Crippen molar-refractivity contribution in [1.82, 2.24) is 9.97 Å². The maximum Gasteiger partial charge on any atom is 0.259 e. The number of aromatic nitrogens is 2. The van der Waals surface area contributed by atoms with E-state index in [4.69, 9.17) is 32.7 Å². The number of aromatic amines is 1. The smallest absolute Gasteiger partial charge is 0.259 e. The zero-order valence-corrected chi connectivity index (χ0v) is 15.4. The fourth-order valence-corrected chi connectivity index (χ4v) is 2.82. The van der Waals surface area contributed by atoms with Gasteiger partial charge in [-0.2, -0.15) is 0 Å². The number of phenols is 1. The van der Waals surface area contributed by atoms with E-state index in [0.29, 0.717) is 21.5 Å². The zero-order valence-electron chi connectivity index (χ0n) is 13.8. The minimum Gasteiger partial charge on any atom is -0.502 e. The molecule has 0 radical (unpaired) electrons. The number of phenolic OH excluding ortho intramolecular Hbond substituents is 1. The molecule has 0 unspecified atom stereocenters. The number of fused-ring (bicyclic) bond motifs is 1. The Morgan fingerprint density at radius 3 is 2.46 bits per heavy atom. The summed E-state index contributed by atoms with van der Waals surface area (Å²) in [6.45, 7) is 0. The van der Waals surface area contributed by atoms with Gasteiger partial charge in [0, 0.05) is 5.02 Å². The Morgan fingerprint density at radius 1 is 1.19 bits per heavy atom. The summed E-state index contributed by atoms with van der Waals surface area (Å²) in [5.74, 6) is 0.534. The van der Waals surface area contributed by atoms with E-state index in [-0.39, 0.29) is 33.7 Å². The van der Waals surface area contributed by atoms with Crippen molar-refractivity contribution < 1.29 is 14.6 Å². The first-order chi connectivity index (χ1) is 12.4. The minimum absolute atomic E-state index is 0.116. The van der Waals surface area contributed by atoms with E-state index in [0.717, 1.165) is 0 Å². The van der Waals surface area contributed by atoms with Crippen molar-refractivity contribution in [3.8, 4) is 17.2 Å². The topological polar surface area (TPSA) is 84.4 Å². The molecule has 0 spiro atoms. The van der Waals surface area contributed by atoms with Crippen LogP contribution in [0, 0.1) is 0 Å². The largest absolute Gasteiger partial charge is 0.502 e. The molecule has 3 aromatic rings. The predicted molar refractivity (Wildman–Crippen MR) is 102 cm³/mol. The lowest BCUT2D eigenvalue weighted by atomic mass is 10.1. The molecule has 2 aromatic carbocycles. The first-order valence-electron chi connectivity index (χ1n) is 7.45. The molecule has 0 saturated heterocycles. The fourth-order valence-electron chi connectivity index (χ4n) is 2.44. The van der Waals surface area contributed by atoms with E-state index < -0.39 is 0 Å². The Hall–Kier alpha value is -2.70. The van der Waals surface area contributed by atoms with Crippen LogP contribution >= 0.6 is 23.2 Å². The normalized spacial score (nSPS) is 11.6. The average Bonchev–Trinajstić information content (AvgIpc) is 2.62. The van der Waals surface area contributed by atoms with Gasteiger partial charge in [-0.15, -0.1) is 0 Å². The van der Waals surface area contributed by atoms with Gasteiger partial charge in [0.05, 0.1) is 30.2 Å². The lowest BCUT2D eigenvalue weighted by molar-refractivity contribution is 0.340. The Morgan fingerprint density at radius 2 is 1.85 bits per heavy atom. The number of aromatic hydroxyl groups is 1. The highest BCUT2D eigenvalue weighted by atomic mass is 35.5. The molecule has 6 nitrogen and oxygen atoms in total. The molecule has 26 heavy (non-hydrogen) atoms. The van der Waals surface area contributed by atoms with Crippen LogP contribution in [-0.4, -0.2) is 29.3 Å². The second kappa shape index (κ2) is 7.27. The summed E-state index contributed by atoms with van der Waals surface area (Å²) in [4.78, 5) is 19.2. The molecule has 134 valence electrons. The summed E-state index contributed by atoms with van der Waals surface area (Å²) in [5.41, 5.74) is 0.702. The summed E-state index contributed by atoms with van der Waals surface area (Å²) in [6, 6.07) is 7.96. The van der Waals surface area contributed by atoms with Crippen molar-refractivity contribution in [1.29, 1.82) is 0 Å². The molecule has 0 aliphatic rings. The van der Waals surface area contributed by atoms with Crippen LogP contribution in [0.1, 0.15) is 11.4 Å². The van der Waals surface area contributed by atoms with Gasteiger partial charge in [0.25, 0.3) is 5.56 Å². The van der Waals surface area contributed by atoms with Crippen LogP contribution in [0.5, 0.6) is 17.2 Å². The highest BCUT2D eigenvalue weighted by molar-refractivity contribution is 6.50. The van der Waals surface area contributed by atoms with Crippen LogP contribution < -0.4 is 15.0 Å². The van der Waals surface area contributed by atoms with Crippen molar-refractivity contribution in [3.05, 3.63) is 57.1 Å². The predicted octanol–water partition coefficient (Wildman–Crippen LogP) is 4.04. The lowest BCUT2D eigenvalue weighted by Gasteiger charge is -2.10. The van der Waals surface area contributed by atoms with Gasteiger partial charge in [0.1, 0.15) is 0 Å². The minimum atomic E-state index is -0.325. The number of nitrogens with zero attached hydrogens (tertiary/aromatic N) is 1. The number of hydrogen-bond acceptors (Lipinski definition) is 5. The first kappa shape index (κ1) is 18.1. The highest BCUT2D eigenvalue weighted by Crippen LogP contribution is 2.38. The number of H-pyrrole nitrogens is 1. The highest BCUT2D eigenvalue weighted by Gasteiger charge is 2.12. The van der Waals surface area contributed by atoms with Crippen LogP contribution in [0.3, 0.4) is 0 Å². The van der Waals surface area contributed by atoms with Crippen LogP contribution in [0.15, 0.2) is 35.1 Å². The molecule has 0 aliphatic heterocycles. The van der Waals surface area contributed by atoms with E-state index in [1.807, 2.05) is 0 Å². The van der Waals surface area contributed by atoms with Gasteiger partial charge in [-0.05, 0) is 42.0 Å². The first-order valence-corrected chi connectivity index (χ1v) is 8.20. The molecule has 1 heterocycles. The molecule has 2 N–H and O–H groups in total. The summed E-state index contributed by atoms with van der Waals surface area (Å²) in [5, 5.41) is 11.0. The molecular weight excluding hydrogens is 379 g/mol. The third kappa shape index (κ3) is 3.47. The van der Waals surface area contributed by atoms with E-state index in [1.165, 1.54) is 14.2 Å². The molecule has 1 aromatic heterocycles. The third-order valence-electron chi connectivity index (χ3n) is 3.69. The van der Waals surface area contributed by atoms with E-state index in [2.05, 4.69) is 9.97 Å². The number of ether oxygens (including phenoxy) is 2. The second-order valence-electron chi connectivity index (χ2n) is 5.34. The number of halogens is 2. The Bertz CT molecular complexity index is 1050. The van der Waals surface area contributed by atoms with Crippen molar-refractivity contribution in [3.63, 3.8) is 0 Å². The molecule has 0 saturated carbocycles. The van der Waals surface area contributed by atoms with Crippen molar-refractivity contribution in [2.45, 2.75) is 0 Å². The maximum absolute atomic E-state index is 12.2. The van der Waals surface area contributed by atoms with Gasteiger partial charge in [-0.1, -0.05) is 23.2 Å². The zero-order chi connectivity index (χ0) is 18.8. The van der Waals surface area contributed by atoms with Crippen LogP contribution in [0.2, 0.25) is 5.02 Å². The van der Waals surface area contributed by atoms with E-state index in [9.17, 15) is 9.90 Å². The van der Waals surface area contributed by atoms with Crippen LogP contribution in [0.4, 0.5) is 0 Å². The molecule has 8 heteroatoms. The molecule has 0 amide bonds. The number of rotatable bonds is 4. The van der Waals surface area contributed by atoms with Gasteiger partial charge >= 0.3 is 0 Å². The SMILES string of the molecule is COc1cc(/C=C(\Cl)c2nc3cc(Cl)ccc3c(=O)[nH]2)cc(OC)c1O. The number of benzene rings is 2. The van der Waals surface area contributed by atoms with Crippen molar-refractivity contribution >= 4 is 45.2 Å². The third-order valence-corrected chi connectivity index (χ3v) is 4.21. The standard InChI is InChI=1S/C18H14Cl2N2O4/c1-25-14-6-9(7-15(26-2)16(14)23)5-12(20)17-21-13-8-10(19)3-4-11(13)18(24)22-17/h3-8,23H,1-2H3,(H,21,22,24)/b12-5-. The van der Waals surface area contributed by atoms with Crippen LogP contribution in [0.25, 0.3) is 22.0 Å². The maximum atomic E-state index is 12.2. The molecule has 0 fully saturated rings. The summed E-state index contributed by atoms with van der Waals surface area (Å²) in [6.07, 6.45) is 1.57. The monoisotopic (exact) mass is 392 g/mol. The van der Waals surface area contributed by atoms with Crippen molar-refractivity contribution in [2.24, 2.45) is 0 Å². The fraction of sp³-hybridized carbons (Fsp3) is 0.111. The number of hydrogen-bond donors (Lipinski definition) is 2. The van der Waals surface area contributed by atoms with Gasteiger partial charge < -0.3 is 19.6 Å². The van der Waals surface area contributed by atoms with E-state index in [1.54, 1.807) is 36.4 Å². The molecule has 0 aliphatic carbocycles. The summed E-state index contributed by atoms with van der Waals surface area (Å²) in [7, 11) is 2.85. The molecule has 3 rings (SSSR count). The molecular formula is C18H14Cl2N2O4. The number of nitrogens with one attached hydrogen (secondary N) is 1. The van der Waals surface area contributed by atoms with Gasteiger partial charge in [-0.3, -0.25) is 4.79 Å². The van der Waals surface area contributed by atoms with Crippen molar-refractivity contribution in [2.75, 3.05) is 14.2 Å². The van der Waals surface area contributed by atoms with Gasteiger partial charge in [-0.25, -0.2) is 4.98 Å². The quantitative estimate of drug-likeness (QED) is 0.699. The van der Waals surface area contributed by atoms with Gasteiger partial charge in [0.2, 0.25) is 5.75 Å². The van der Waals surface area contributed by atoms with Gasteiger partial charge in [0.15, 0.2) is 17.3 Å². The average molecular weight is 393 g/mol. The Labute approximate surface area is 158 Å². The second-order valence-corrected chi connectivity index (χ2v) is 6.19. The van der Waals surface area contributed by atoms with Crippen LogP contribution in [-0.2, 0) is 0 Å². The summed E-state index contributed by atoms with van der Waals surface area (Å²) < 4.78 is 10.2. The Kier molecular flexibility index (Phi) is 5.06. The molecule has 0 bridgehead atoms. The van der Waals surface area contributed by atoms with E-state index >= 15 is 0 Å². The summed E-state index contributed by atoms with van der Waals surface area (Å²) >= 11 is 12.3. The number of methoxy groups -OCH3 is 2. The lowest BCUT2D eigenvalue weighted by Crippen LogP contribution is -2.10. The Balaban J connectivity index is 2.10. The molecule has 0 atom stereocenters.